The van der Waals surface area contributed by atoms with Crippen LogP contribution in [0.15, 0.2) is 12.5 Å². The number of Topliss-reactive ketones (excluding diaryl/α,β-unsaturated/α-hetero) is 1. The van der Waals surface area contributed by atoms with Crippen LogP contribution in [0.4, 0.5) is 0 Å². The first-order valence-electron chi connectivity index (χ1n) is 8.90. The van der Waals surface area contributed by atoms with Gasteiger partial charge in [-0.05, 0) is 12.8 Å². The molecule has 11 heteroatoms. The number of hydrogen-bond donors (Lipinski definition) is 3. The van der Waals surface area contributed by atoms with Gasteiger partial charge in [-0.25, -0.2) is 10.4 Å². The van der Waals surface area contributed by atoms with Gasteiger partial charge < -0.3 is 26.3 Å². The number of aldehydes is 1. The monoisotopic (exact) mass is 628 g/mol. The van der Waals surface area contributed by atoms with Crippen LogP contribution in [0.5, 0.6) is 0 Å². The van der Waals surface area contributed by atoms with Crippen molar-refractivity contribution in [3.8, 4) is 0 Å². The number of ketones is 1. The molecule has 3 atom stereocenters. The number of H-pyrrole nitrogens is 1. The molecule has 0 aliphatic carbocycles. The van der Waals surface area contributed by atoms with Crippen LogP contribution in [0.1, 0.15) is 39.3 Å². The molecule has 0 unspecified atom stereocenters. The first kappa shape index (κ1) is 32.3. The Morgan fingerprint density at radius 3 is 2.48 bits per heavy atom. The van der Waals surface area contributed by atoms with Crippen molar-refractivity contribution in [2.24, 2.45) is 5.92 Å². The quantitative estimate of drug-likeness (QED) is 0.326. The number of aromatic amines is 1. The number of carbonyl (C=O) groups is 3. The molecule has 2 rings (SSSR count). The Labute approximate surface area is 248 Å². The van der Waals surface area contributed by atoms with Gasteiger partial charge in [0, 0.05) is 122 Å². The van der Waals surface area contributed by atoms with E-state index in [1.807, 2.05) is 13.8 Å². The number of nitrogens with one attached hydrogen (secondary N) is 3. The Kier molecular flexibility index (Phi) is 18.6. The van der Waals surface area contributed by atoms with Crippen molar-refractivity contribution in [2.45, 2.75) is 58.2 Å². The minimum absolute atomic E-state index is 0. The first-order valence-corrected chi connectivity index (χ1v) is 8.90. The summed E-state index contributed by atoms with van der Waals surface area (Å²) in [5.41, 5.74) is 3.81. The summed E-state index contributed by atoms with van der Waals surface area (Å²) >= 11 is 0. The molecular weight excluding hydrogens is 601 g/mol. The first-order chi connectivity index (χ1) is 12.4. The summed E-state index contributed by atoms with van der Waals surface area (Å²) < 4.78 is 0. The number of nitrogens with zero attached hydrogens (tertiary/aromatic N) is 2. The second-order valence-electron chi connectivity index (χ2n) is 6.82. The molecule has 1 aromatic rings. The van der Waals surface area contributed by atoms with Crippen LogP contribution in [0.2, 0.25) is 0 Å². The van der Waals surface area contributed by atoms with Crippen molar-refractivity contribution in [3.05, 3.63) is 31.2 Å². The van der Waals surface area contributed by atoms with Gasteiger partial charge in [-0.15, -0.1) is 0 Å². The van der Waals surface area contributed by atoms with Gasteiger partial charge in [0.2, 0.25) is 0 Å². The minimum Gasteiger partial charge on any atom is -0.459 e. The fourth-order valence-corrected chi connectivity index (χ4v) is 2.80. The summed E-state index contributed by atoms with van der Waals surface area (Å²) in [5.74, 6) is -0.399. The van der Waals surface area contributed by atoms with E-state index in [2.05, 4.69) is 20.7 Å². The Hall–Kier alpha value is 1.12. The predicted molar refractivity (Wildman–Crippen MR) is 96.2 cm³/mol. The van der Waals surface area contributed by atoms with Crippen molar-refractivity contribution in [2.75, 3.05) is 0 Å². The number of rotatable bonds is 5. The molecule has 1 amide bonds. The van der Waals surface area contributed by atoms with Gasteiger partial charge >= 0.3 is 0 Å². The van der Waals surface area contributed by atoms with Crippen LogP contribution >= 0.6 is 0 Å². The average molecular weight is 628 g/mol. The van der Waals surface area contributed by atoms with Crippen LogP contribution < -0.4 is 10.7 Å². The van der Waals surface area contributed by atoms with Crippen molar-refractivity contribution in [1.29, 1.82) is 0 Å². The number of aromatic nitrogens is 2. The molecular formula is C18H27N5O3Y3-2. The zero-order chi connectivity index (χ0) is 19.1. The van der Waals surface area contributed by atoms with E-state index in [9.17, 15) is 14.4 Å². The maximum atomic E-state index is 13.1. The standard InChI is InChI=1S/C18H27N5O3.3Y/c1-12(2)17-16(25)6-4-5-7-20-15(8-14-9-19-11-21-14)18(26)23(22-17)13(3)10-24;;;/h6-7,9-13,15,17,20,22H,4-5,8H2,1-3H3,(H,19,21);;;/q-2;;;/t13-,15+,17+;;;/m1.../s1. The van der Waals surface area contributed by atoms with Crippen molar-refractivity contribution >= 4 is 18.0 Å². The van der Waals surface area contributed by atoms with E-state index in [0.29, 0.717) is 25.5 Å². The van der Waals surface area contributed by atoms with Gasteiger partial charge in [-0.2, -0.15) is 12.8 Å². The number of amides is 1. The normalized spacial score (nSPS) is 21.6. The molecule has 0 bridgehead atoms. The molecule has 2 heterocycles. The van der Waals surface area contributed by atoms with E-state index in [4.69, 9.17) is 0 Å². The summed E-state index contributed by atoms with van der Waals surface area (Å²) in [6, 6.07) is -1.85. The van der Waals surface area contributed by atoms with E-state index in [0.717, 1.165) is 5.69 Å². The summed E-state index contributed by atoms with van der Waals surface area (Å²) in [5, 5.41) is 4.40. The number of hydrazine groups is 1. The van der Waals surface area contributed by atoms with Crippen LogP contribution in [0, 0.1) is 18.9 Å². The molecule has 1 fully saturated rings. The zero-order valence-corrected chi connectivity index (χ0v) is 25.7. The van der Waals surface area contributed by atoms with E-state index < -0.39 is 18.1 Å². The van der Waals surface area contributed by atoms with Crippen molar-refractivity contribution in [1.82, 2.24) is 25.7 Å². The van der Waals surface area contributed by atoms with E-state index in [1.54, 1.807) is 32.4 Å². The van der Waals surface area contributed by atoms with Crippen molar-refractivity contribution < 1.29 is 113 Å². The van der Waals surface area contributed by atoms with Gasteiger partial charge in [-0.1, -0.05) is 13.8 Å². The fraction of sp³-hybridized carbons (Fsp3) is 0.556. The molecule has 1 aromatic heterocycles. The largest absolute Gasteiger partial charge is 0.459 e. The van der Waals surface area contributed by atoms with Gasteiger partial charge in [0.25, 0.3) is 5.91 Å². The Morgan fingerprint density at radius 2 is 1.93 bits per heavy atom. The Balaban J connectivity index is 0. The molecule has 3 N–H and O–H groups in total. The summed E-state index contributed by atoms with van der Waals surface area (Å²) in [7, 11) is 0. The second-order valence-corrected chi connectivity index (χ2v) is 6.82. The average Bonchev–Trinajstić information content (AvgIpc) is 3.11. The van der Waals surface area contributed by atoms with Gasteiger partial charge in [0.15, 0.2) is 0 Å². The smallest absolute Gasteiger partial charge is 0.252 e. The number of carbonyl (C=O) groups excluding carboxylic acids is 3. The third kappa shape index (κ3) is 10.1. The van der Waals surface area contributed by atoms with Gasteiger partial charge in [0.1, 0.15) is 12.3 Å². The third-order valence-corrected chi connectivity index (χ3v) is 4.35. The number of imidazole rings is 1. The summed E-state index contributed by atoms with van der Waals surface area (Å²) in [6.45, 7) is 7.23. The van der Waals surface area contributed by atoms with Crippen LogP contribution in [0.25, 0.3) is 0 Å². The molecule has 1 aliphatic heterocycles. The number of hydrogen-bond acceptors (Lipinski definition) is 6. The molecule has 3 radical (unpaired) electrons. The maximum absolute atomic E-state index is 13.1. The molecule has 8 nitrogen and oxygen atoms in total. The SMILES string of the molecule is CC(C)[C@@H]1NN([C@H](C)C=O)C(=O)[C@H](Cc2cnc[nH]2)N[CH-]CC[CH-]C1=O.[Y].[Y].[Y]. The predicted octanol–water partition coefficient (Wildman–Crippen LogP) is 0.577. The molecule has 29 heavy (non-hydrogen) atoms. The molecule has 153 valence electrons. The summed E-state index contributed by atoms with van der Waals surface area (Å²) in [4.78, 5) is 44.0. The van der Waals surface area contributed by atoms with E-state index in [1.165, 1.54) is 5.01 Å². The minimum atomic E-state index is -0.705. The fourth-order valence-electron chi connectivity index (χ4n) is 2.80. The Bertz CT molecular complexity index is 616. The zero-order valence-electron chi connectivity index (χ0n) is 17.2. The van der Waals surface area contributed by atoms with E-state index in [-0.39, 0.29) is 116 Å². The maximum Gasteiger partial charge on any atom is 0.252 e. The second kappa shape index (κ2) is 16.7. The third-order valence-electron chi connectivity index (χ3n) is 4.35. The van der Waals surface area contributed by atoms with Crippen molar-refractivity contribution in [3.63, 3.8) is 0 Å². The van der Waals surface area contributed by atoms with Gasteiger partial charge in [-0.3, -0.25) is 16.3 Å². The molecule has 0 saturated carbocycles. The van der Waals surface area contributed by atoms with Crippen LogP contribution in [0.3, 0.4) is 0 Å². The van der Waals surface area contributed by atoms with Gasteiger partial charge in [0.05, 0.1) is 18.4 Å². The molecule has 0 spiro atoms. The molecule has 1 aliphatic rings. The topological polar surface area (TPSA) is 107 Å². The summed E-state index contributed by atoms with van der Waals surface area (Å²) in [6.07, 6.45) is 7.16. The Morgan fingerprint density at radius 1 is 1.24 bits per heavy atom. The molecule has 1 saturated heterocycles. The van der Waals surface area contributed by atoms with E-state index >= 15 is 0 Å². The molecule has 0 aromatic carbocycles. The van der Waals surface area contributed by atoms with Crippen LogP contribution in [-0.2, 0) is 119 Å². The van der Waals surface area contributed by atoms with Crippen LogP contribution in [-0.4, -0.2) is 51.1 Å².